The summed E-state index contributed by atoms with van der Waals surface area (Å²) in [7, 11) is 4.14. The van der Waals surface area contributed by atoms with Gasteiger partial charge in [0, 0.05) is 6.61 Å². The molecule has 0 amide bonds. The lowest BCUT2D eigenvalue weighted by atomic mass is 10.2. The molecule has 1 N–H and O–H groups in total. The summed E-state index contributed by atoms with van der Waals surface area (Å²) in [4.78, 5) is 2.16. The number of aliphatic hydroxyl groups excluding tert-OH is 1. The van der Waals surface area contributed by atoms with E-state index in [9.17, 15) is 0 Å². The molecule has 0 aromatic heterocycles. The largest absolute Gasteiger partial charge is 0.396 e. The first-order chi connectivity index (χ1) is 9.10. The maximum atomic E-state index is 8.42. The average molecular weight is 276 g/mol. The summed E-state index contributed by atoms with van der Waals surface area (Å²) in [6.07, 6.45) is 11.5. The first kappa shape index (κ1) is 24.0. The summed E-state index contributed by atoms with van der Waals surface area (Å²) in [5, 5.41) is 8.42. The minimum absolute atomic E-state index is 0.341. The number of hydrogen-bond acceptors (Lipinski definition) is 2. The van der Waals surface area contributed by atoms with Crippen LogP contribution in [0.25, 0.3) is 0 Å². The number of hydrogen-bond donors (Lipinski definition) is 1. The van der Waals surface area contributed by atoms with Gasteiger partial charge in [-0.2, -0.15) is 0 Å². The third-order valence-corrected chi connectivity index (χ3v) is 2.68. The van der Waals surface area contributed by atoms with Gasteiger partial charge in [-0.25, -0.2) is 0 Å². The lowest BCUT2D eigenvalue weighted by Gasteiger charge is -2.07. The van der Waals surface area contributed by atoms with Crippen LogP contribution in [-0.2, 0) is 0 Å². The van der Waals surface area contributed by atoms with Gasteiger partial charge in [0.05, 0.1) is 0 Å². The fourth-order valence-electron chi connectivity index (χ4n) is 1.42. The topological polar surface area (TPSA) is 23.5 Å². The van der Waals surface area contributed by atoms with Crippen LogP contribution in [0.3, 0.4) is 0 Å². The van der Waals surface area contributed by atoms with Crippen molar-refractivity contribution in [2.24, 2.45) is 0 Å². The Hall–Kier alpha value is -0.0800. The zero-order valence-electron chi connectivity index (χ0n) is 14.7. The first-order valence-electron chi connectivity index (χ1n) is 8.36. The number of nitrogens with zero attached hydrogens (tertiary/aromatic N) is 1. The fraction of sp³-hybridized carbons (Fsp3) is 1.00. The Kier molecular flexibility index (Phi) is 33.4. The predicted octanol–water partition coefficient (Wildman–Crippen LogP) is 5.10. The smallest absolute Gasteiger partial charge is 0.0431 e. The first-order valence-corrected chi connectivity index (χ1v) is 8.36. The molecule has 0 rings (SSSR count). The minimum Gasteiger partial charge on any atom is -0.396 e. The van der Waals surface area contributed by atoms with Gasteiger partial charge >= 0.3 is 0 Å². The Labute approximate surface area is 123 Å². The van der Waals surface area contributed by atoms with Gasteiger partial charge in [0.15, 0.2) is 0 Å². The van der Waals surface area contributed by atoms with Gasteiger partial charge in [-0.05, 0) is 39.9 Å². The van der Waals surface area contributed by atoms with Crippen molar-refractivity contribution in [2.45, 2.75) is 85.5 Å². The number of unbranched alkanes of at least 4 members (excludes halogenated alkanes) is 6. The molecule has 0 aromatic rings. The molecule has 19 heavy (non-hydrogen) atoms. The Bertz CT molecular complexity index is 106. The van der Waals surface area contributed by atoms with E-state index in [0.29, 0.717) is 6.61 Å². The third-order valence-electron chi connectivity index (χ3n) is 2.68. The van der Waals surface area contributed by atoms with E-state index >= 15 is 0 Å². The molecule has 0 unspecified atom stereocenters. The van der Waals surface area contributed by atoms with E-state index < -0.39 is 0 Å². The van der Waals surface area contributed by atoms with Crippen molar-refractivity contribution in [1.82, 2.24) is 4.90 Å². The van der Waals surface area contributed by atoms with E-state index in [0.717, 1.165) is 19.4 Å². The Morgan fingerprint density at radius 2 is 1.05 bits per heavy atom. The lowest BCUT2D eigenvalue weighted by Crippen LogP contribution is -2.12. The van der Waals surface area contributed by atoms with Crippen LogP contribution in [0.1, 0.15) is 85.5 Å². The van der Waals surface area contributed by atoms with Crippen molar-refractivity contribution in [3.8, 4) is 0 Å². The molecule has 0 aliphatic heterocycles. The summed E-state index contributed by atoms with van der Waals surface area (Å²) >= 11 is 0. The summed E-state index contributed by atoms with van der Waals surface area (Å²) in [6.45, 7) is 10.3. The average Bonchev–Trinajstić information content (AvgIpc) is 2.38. The maximum Gasteiger partial charge on any atom is 0.0431 e. The van der Waals surface area contributed by atoms with Crippen molar-refractivity contribution in [3.05, 3.63) is 0 Å². The van der Waals surface area contributed by atoms with Crippen LogP contribution < -0.4 is 0 Å². The minimum atomic E-state index is 0.341. The van der Waals surface area contributed by atoms with Crippen LogP contribution in [0.2, 0.25) is 0 Å². The summed E-state index contributed by atoms with van der Waals surface area (Å²) in [6, 6.07) is 0. The van der Waals surface area contributed by atoms with Gasteiger partial charge in [0.1, 0.15) is 0 Å². The SMILES string of the molecule is CCCCC.CCCCC.CN(C)CCCCCO. The Morgan fingerprint density at radius 1 is 0.632 bits per heavy atom. The quantitative estimate of drug-likeness (QED) is 0.591. The molecule has 2 heteroatoms. The molecule has 0 fully saturated rings. The predicted molar refractivity (Wildman–Crippen MR) is 89.9 cm³/mol. The second kappa shape index (κ2) is 26.5. The molecule has 0 atom stereocenters. The summed E-state index contributed by atoms with van der Waals surface area (Å²) in [5.74, 6) is 0. The number of rotatable bonds is 9. The molecule has 2 nitrogen and oxygen atoms in total. The van der Waals surface area contributed by atoms with Gasteiger partial charge in [-0.15, -0.1) is 0 Å². The van der Waals surface area contributed by atoms with Gasteiger partial charge in [0.25, 0.3) is 0 Å². The molecule has 0 spiro atoms. The van der Waals surface area contributed by atoms with Crippen LogP contribution in [0, 0.1) is 0 Å². The second-order valence-corrected chi connectivity index (χ2v) is 5.29. The van der Waals surface area contributed by atoms with Crippen LogP contribution in [0.4, 0.5) is 0 Å². The van der Waals surface area contributed by atoms with Crippen LogP contribution in [-0.4, -0.2) is 37.3 Å². The zero-order chi connectivity index (χ0) is 15.4. The molecular weight excluding hydrogens is 234 g/mol. The van der Waals surface area contributed by atoms with E-state index in [1.54, 1.807) is 0 Å². The molecule has 120 valence electrons. The normalized spacial score (nSPS) is 9.47. The highest BCUT2D eigenvalue weighted by Crippen LogP contribution is 1.94. The Balaban J connectivity index is -0.000000219. The second-order valence-electron chi connectivity index (χ2n) is 5.29. The summed E-state index contributed by atoms with van der Waals surface area (Å²) in [5.41, 5.74) is 0. The Morgan fingerprint density at radius 3 is 1.26 bits per heavy atom. The molecule has 0 saturated heterocycles. The molecule has 0 heterocycles. The molecule has 0 radical (unpaired) electrons. The van der Waals surface area contributed by atoms with Crippen molar-refractivity contribution >= 4 is 0 Å². The molecular formula is C17H41NO. The molecule has 0 aliphatic carbocycles. The van der Waals surface area contributed by atoms with Crippen LogP contribution >= 0.6 is 0 Å². The zero-order valence-corrected chi connectivity index (χ0v) is 14.7. The molecule has 0 aromatic carbocycles. The van der Waals surface area contributed by atoms with Crippen molar-refractivity contribution in [1.29, 1.82) is 0 Å². The van der Waals surface area contributed by atoms with E-state index in [2.05, 4.69) is 46.7 Å². The maximum absolute atomic E-state index is 8.42. The molecule has 0 bridgehead atoms. The standard InChI is InChI=1S/C7H17NO.2C5H12/c1-8(2)6-4-3-5-7-9;2*1-3-5-4-2/h9H,3-7H2,1-2H3;2*3-5H2,1-2H3. The molecule has 0 aliphatic rings. The van der Waals surface area contributed by atoms with Crippen LogP contribution in [0.5, 0.6) is 0 Å². The molecule has 0 saturated carbocycles. The lowest BCUT2D eigenvalue weighted by molar-refractivity contribution is 0.278. The highest BCUT2D eigenvalue weighted by atomic mass is 16.2. The van der Waals surface area contributed by atoms with Gasteiger partial charge < -0.3 is 10.0 Å². The van der Waals surface area contributed by atoms with E-state index in [1.165, 1.54) is 44.9 Å². The van der Waals surface area contributed by atoms with Gasteiger partial charge in [0.2, 0.25) is 0 Å². The van der Waals surface area contributed by atoms with E-state index in [4.69, 9.17) is 5.11 Å². The number of aliphatic hydroxyl groups is 1. The fourth-order valence-corrected chi connectivity index (χ4v) is 1.42. The van der Waals surface area contributed by atoms with E-state index in [-0.39, 0.29) is 0 Å². The van der Waals surface area contributed by atoms with Crippen molar-refractivity contribution < 1.29 is 5.11 Å². The summed E-state index contributed by atoms with van der Waals surface area (Å²) < 4.78 is 0. The highest BCUT2D eigenvalue weighted by Gasteiger charge is 1.88. The van der Waals surface area contributed by atoms with Gasteiger partial charge in [-0.1, -0.05) is 66.2 Å². The van der Waals surface area contributed by atoms with Gasteiger partial charge in [-0.3, -0.25) is 0 Å². The van der Waals surface area contributed by atoms with E-state index in [1.807, 2.05) is 0 Å². The van der Waals surface area contributed by atoms with Crippen LogP contribution in [0.15, 0.2) is 0 Å². The van der Waals surface area contributed by atoms with Crippen molar-refractivity contribution in [3.63, 3.8) is 0 Å². The van der Waals surface area contributed by atoms with Crippen molar-refractivity contribution in [2.75, 3.05) is 27.2 Å². The third kappa shape index (κ3) is 46.2. The monoisotopic (exact) mass is 275 g/mol. The highest BCUT2D eigenvalue weighted by molar-refractivity contribution is 4.44.